The monoisotopic (exact) mass is 2600 g/mol. The molecule has 2 fully saturated rings. The molecule has 2 aromatic heterocycles. The molecule has 0 spiro atoms. The van der Waals surface area contributed by atoms with Crippen molar-refractivity contribution in [3.8, 4) is 81.8 Å². The number of alkyl halides is 3. The van der Waals surface area contributed by atoms with Gasteiger partial charge in [-0.15, -0.1) is 36.0 Å². The molecule has 0 aliphatic carbocycles. The van der Waals surface area contributed by atoms with Crippen molar-refractivity contribution in [2.45, 2.75) is 101 Å². The average Bonchev–Trinajstić information content (AvgIpc) is 0.893. The Morgan fingerprint density at radius 2 is 0.879 bits per heavy atom. The Bertz CT molecular complexity index is 6430. The summed E-state index contributed by atoms with van der Waals surface area (Å²) in [6.07, 6.45) is 11.8. The second kappa shape index (κ2) is 70.2. The number of benzene rings is 10. The molecule has 12 aromatic rings. The number of rotatable bonds is 10. The van der Waals surface area contributed by atoms with Crippen molar-refractivity contribution in [3.63, 3.8) is 0 Å². The SMILES string of the molecule is C#CC(=O)O.C#CC(=O)Oc1cc(C)c(Br)c(C)c1.C1CCOC1.C1COCCN1.CC(=O)O.CC(=O)O.Cc1cc(O)cc(C)c1Br.Cc1cc(OC(=O)C#Cc2cccc([N+](=O)[O-])c2)cc(C)c1Br.Cc1cc2oc(=O)cc(-c3cccc(N)c3)c2c(C)c1Br.Cc1cc2oc(=O)cc(-c3cccc([N+](=O)[O-])c3)c2c(C)c1Br.ClCCl.O=[N+]([O-])c1cccc(I)c1.O[B]Oc1ccc(CBr)cc1.[Fe].[Pd]. The Hall–Kier alpha value is -10.5. The number of nitrogen functional groups attached to an aromatic ring is 1. The van der Waals surface area contributed by atoms with Gasteiger partial charge in [0.2, 0.25) is 0 Å². The van der Waals surface area contributed by atoms with E-state index in [-0.39, 0.29) is 65.5 Å². The third-order valence-corrected chi connectivity index (χ3v) is 25.1. The second-order valence-electron chi connectivity index (χ2n) is 28.5. The Morgan fingerprint density at radius 3 is 1.22 bits per heavy atom. The topological polar surface area (TPSA) is 461 Å². The Kier molecular flexibility index (Phi) is 65.0. The summed E-state index contributed by atoms with van der Waals surface area (Å²) in [6.45, 7) is 27.4. The Balaban J connectivity index is 0.00000157. The van der Waals surface area contributed by atoms with Gasteiger partial charge < -0.3 is 68.9 Å². The number of phenols is 1. The number of fused-ring (bicyclic) bond motifs is 2. The molecular formula is C99H96BBr6Cl2FeIN5O25Pd. The van der Waals surface area contributed by atoms with E-state index in [0.717, 1.165) is 162 Å². The zero-order valence-corrected chi connectivity index (χ0v) is 93.4. The third-order valence-electron chi connectivity index (χ3n) is 17.6. The van der Waals surface area contributed by atoms with Gasteiger partial charge in [0.25, 0.3) is 29.0 Å². The number of hydrogen-bond donors (Lipinski definition) is 7. The molecule has 14 rings (SSSR count). The van der Waals surface area contributed by atoms with Crippen LogP contribution in [0.1, 0.15) is 93.5 Å². The van der Waals surface area contributed by atoms with Gasteiger partial charge in [0.1, 0.15) is 28.4 Å². The minimum atomic E-state index is -1.22. The first-order valence-electron chi connectivity index (χ1n) is 40.6. The quantitative estimate of drug-likeness (QED) is 0.00571. The number of nitrogens with two attached hydrogens (primary N) is 1. The van der Waals surface area contributed by atoms with Crippen LogP contribution < -0.4 is 36.4 Å². The largest absolute Gasteiger partial charge is 0.569 e. The number of carboxylic acids is 3. The fraction of sp³-hybridized carbons (Fsp3) is 0.222. The van der Waals surface area contributed by atoms with E-state index in [0.29, 0.717) is 64.2 Å². The molecule has 0 amide bonds. The number of aryl methyl sites for hydroxylation is 10. The van der Waals surface area contributed by atoms with Crippen molar-refractivity contribution < 1.29 is 134 Å². The minimum absolute atomic E-state index is 0. The van der Waals surface area contributed by atoms with Crippen LogP contribution in [0.15, 0.2) is 223 Å². The van der Waals surface area contributed by atoms with Crippen LogP contribution in [0, 0.1) is 140 Å². The molecule has 10 aromatic carbocycles. The van der Waals surface area contributed by atoms with Crippen LogP contribution in [-0.2, 0) is 76.3 Å². The molecule has 2 saturated heterocycles. The molecule has 0 bridgehead atoms. The maximum absolute atomic E-state index is 11.9. The number of terminal acetylenes is 2. The zero-order chi connectivity index (χ0) is 105. The Morgan fingerprint density at radius 1 is 0.518 bits per heavy atom. The van der Waals surface area contributed by atoms with Crippen LogP contribution in [0.3, 0.4) is 0 Å². The number of nitro groups is 3. The summed E-state index contributed by atoms with van der Waals surface area (Å²) >= 11 is 32.3. The standard InChI is InChI=1S/2C17H12BrNO4.C17H14BrNO2.C11H9BrO2.C8H9BrO.C7H7BBrO2.C6H4INO2.C4H9NO.C4H8O.C3H2O2.2C2H4O2.CH2Cl2.Fe.Pd/c1-9-6-14-16(10(2)17(9)18)13(8-15(20)23-14)11-4-3-5-12(7-11)19(21)22;1-11-8-15(9-12(2)17(11)18)23-16(20)7-6-13-4-3-5-14(10-13)19(21)22;1-9-6-14-16(10(2)17(9)18)13(8-15(20)21-14)11-4-3-5-12(19)7-11;1-4-10(13)14-9-5-7(2)11(12)8(3)6-9;1-5-3-7(10)4-6(2)8(5)9;9-5-6-1-3-7(4-2-6)11-8-10;7-5-2-1-3-6(4-5)8(9)10;1-3-6-4-2-5-1;1-2-4-5-3-1;1-2-3(4)5;2*1-2(3)4;2-1-3;;/h3-8H,1-2H3;3-5,8-10H,1-2H3;3-8H,19H2,1-2H3;1,5-6H,2-3H3;3-4,10H,1-2H3;1-4,10H,5H2;1-4H;5H,1-4H2;1-4H2;1H,(H,4,5);2*1H3,(H,3,4);1H2;;. The van der Waals surface area contributed by atoms with Crippen molar-refractivity contribution >= 4 is 224 Å². The number of hydrogen-bond acceptors (Lipinski definition) is 24. The predicted octanol–water partition coefficient (Wildman–Crippen LogP) is 23.9. The number of aliphatic carboxylic acids is 3. The van der Waals surface area contributed by atoms with E-state index in [9.17, 15) is 49.5 Å². The fourth-order valence-electron chi connectivity index (χ4n) is 11.6. The third kappa shape index (κ3) is 50.4. The van der Waals surface area contributed by atoms with Gasteiger partial charge in [-0.25, -0.2) is 24.0 Å². The van der Waals surface area contributed by atoms with Crippen LogP contribution >= 0.6 is 141 Å². The number of carboxylic acid groups (broad SMARTS) is 3. The molecule has 8 N–H and O–H groups in total. The molecule has 0 unspecified atom stereocenters. The molecule has 0 saturated carbocycles. The van der Waals surface area contributed by atoms with E-state index < -0.39 is 50.2 Å². The summed E-state index contributed by atoms with van der Waals surface area (Å²) in [7, 11) is 0.670. The van der Waals surface area contributed by atoms with Gasteiger partial charge in [-0.05, 0) is 262 Å². The smallest absolute Gasteiger partial charge is 0.537 e. The zero-order valence-electron chi connectivity index (χ0n) is 77.5. The molecule has 0 atom stereocenters. The van der Waals surface area contributed by atoms with Crippen LogP contribution in [0.2, 0.25) is 0 Å². The molecule has 2 aliphatic heterocycles. The number of phenolic OH excluding ortho intramolecular Hbond substituents is 1. The number of anilines is 1. The number of nitrogens with one attached hydrogen (secondary N) is 1. The minimum Gasteiger partial charge on any atom is -0.537 e. The number of nitrogens with zero attached hydrogens (tertiary/aromatic N) is 3. The van der Waals surface area contributed by atoms with Crippen molar-refractivity contribution in [1.82, 2.24) is 5.32 Å². The number of morpholine rings is 1. The van der Waals surface area contributed by atoms with E-state index >= 15 is 0 Å². The predicted molar refractivity (Wildman–Crippen MR) is 571 cm³/mol. The molecule has 30 nitrogen and oxygen atoms in total. The van der Waals surface area contributed by atoms with Crippen molar-refractivity contribution in [2.75, 3.05) is 50.6 Å². The second-order valence-corrected chi connectivity index (χ2v) is 35.1. The van der Waals surface area contributed by atoms with Crippen LogP contribution in [0.4, 0.5) is 22.7 Å². The van der Waals surface area contributed by atoms with Gasteiger partial charge in [0.05, 0.1) is 39.1 Å². The number of non-ortho nitro benzene ring substituents is 3. The maximum Gasteiger partial charge on any atom is 0.569 e. The molecule has 1 radical (unpaired) electrons. The van der Waals surface area contributed by atoms with E-state index in [1.807, 2.05) is 146 Å². The number of ether oxygens (including phenoxy) is 4. The number of nitro benzene ring substituents is 3. The van der Waals surface area contributed by atoms with Crippen LogP contribution in [0.5, 0.6) is 23.0 Å². The first kappa shape index (κ1) is 131. The number of carbonyl (C=O) groups excluding carboxylic acids is 2. The van der Waals surface area contributed by atoms with Crippen molar-refractivity contribution in [1.29, 1.82) is 0 Å². The summed E-state index contributed by atoms with van der Waals surface area (Å²) in [4.78, 5) is 104. The van der Waals surface area contributed by atoms with Gasteiger partial charge in [0, 0.05) is 208 Å². The number of esters is 2. The summed E-state index contributed by atoms with van der Waals surface area (Å²) in [5, 5.41) is 77.4. The first-order chi connectivity index (χ1) is 65.6. The van der Waals surface area contributed by atoms with E-state index in [2.05, 4.69) is 119 Å². The van der Waals surface area contributed by atoms with Gasteiger partial charge in [0.15, 0.2) is 0 Å². The van der Waals surface area contributed by atoms with Crippen LogP contribution in [-0.4, -0.2) is 123 Å². The van der Waals surface area contributed by atoms with E-state index in [1.54, 1.807) is 78.9 Å². The summed E-state index contributed by atoms with van der Waals surface area (Å²) in [5.41, 5.74) is 21.3. The summed E-state index contributed by atoms with van der Waals surface area (Å²) < 4.78 is 41.3. The molecule has 141 heavy (non-hydrogen) atoms. The first-order valence-corrected chi connectivity index (χ1v) is 47.8. The number of carbonyl (C=O) groups is 5. The Labute approximate surface area is 913 Å². The average molecular weight is 2610 g/mol. The van der Waals surface area contributed by atoms with Gasteiger partial charge in [-0.1, -0.05) is 150 Å². The number of halogens is 9. The van der Waals surface area contributed by atoms with Gasteiger partial charge in [-0.3, -0.25) is 39.9 Å². The van der Waals surface area contributed by atoms with Crippen LogP contribution in [0.25, 0.3) is 44.2 Å². The molecular weight excluding hydrogens is 2510 g/mol. The van der Waals surface area contributed by atoms with E-state index in [4.69, 9.17) is 108 Å². The van der Waals surface area contributed by atoms with Gasteiger partial charge in [-0.2, -0.15) is 0 Å². The fourth-order valence-corrected chi connectivity index (χ4v) is 13.8. The normalized spacial score (nSPS) is 10.6. The number of aromatic hydroxyl groups is 1. The van der Waals surface area contributed by atoms with Crippen molar-refractivity contribution in [3.05, 3.63) is 326 Å². The summed E-state index contributed by atoms with van der Waals surface area (Å²) in [6, 6.07) is 50.4. The summed E-state index contributed by atoms with van der Waals surface area (Å²) in [5.74, 6) is 5.79. The van der Waals surface area contributed by atoms with Crippen molar-refractivity contribution in [2.24, 2.45) is 0 Å². The molecule has 751 valence electrons. The van der Waals surface area contributed by atoms with E-state index in [1.165, 1.54) is 78.9 Å². The molecule has 42 heteroatoms. The maximum atomic E-state index is 11.9. The molecule has 4 heterocycles. The van der Waals surface area contributed by atoms with Gasteiger partial charge >= 0.3 is 36.8 Å². The molecule has 2 aliphatic rings.